The lowest BCUT2D eigenvalue weighted by molar-refractivity contribution is 0.0998. The van der Waals surface area contributed by atoms with Crippen LogP contribution in [0.2, 0.25) is 5.02 Å². The lowest BCUT2D eigenvalue weighted by atomic mass is 9.96. The van der Waals surface area contributed by atoms with E-state index in [4.69, 9.17) is 16.3 Å². The van der Waals surface area contributed by atoms with Crippen molar-refractivity contribution in [3.8, 4) is 0 Å². The van der Waals surface area contributed by atoms with E-state index in [1.54, 1.807) is 0 Å². The van der Waals surface area contributed by atoms with Crippen molar-refractivity contribution in [3.05, 3.63) is 34.3 Å². The summed E-state index contributed by atoms with van der Waals surface area (Å²) in [6.07, 6.45) is 5.15. The minimum absolute atomic E-state index is 0.395. The highest BCUT2D eigenvalue weighted by molar-refractivity contribution is 6.30. The molecule has 0 aliphatic carbocycles. The van der Waals surface area contributed by atoms with E-state index in [-0.39, 0.29) is 0 Å². The van der Waals surface area contributed by atoms with Crippen LogP contribution in [0.5, 0.6) is 0 Å². The van der Waals surface area contributed by atoms with Crippen LogP contribution in [0.3, 0.4) is 0 Å². The second-order valence-electron chi connectivity index (χ2n) is 5.05. The van der Waals surface area contributed by atoms with E-state index in [2.05, 4.69) is 18.3 Å². The molecular weight excluding hydrogens is 246 g/mol. The topological polar surface area (TPSA) is 21.3 Å². The predicted molar refractivity (Wildman–Crippen MR) is 76.2 cm³/mol. The number of hydrogen-bond acceptors (Lipinski definition) is 2. The molecule has 2 nitrogen and oxygen atoms in total. The van der Waals surface area contributed by atoms with Gasteiger partial charge in [-0.05, 0) is 62.9 Å². The highest BCUT2D eigenvalue weighted by atomic mass is 35.5. The highest BCUT2D eigenvalue weighted by Gasteiger charge is 2.18. The molecule has 1 aromatic rings. The van der Waals surface area contributed by atoms with Gasteiger partial charge in [0.1, 0.15) is 0 Å². The van der Waals surface area contributed by atoms with Crippen LogP contribution in [0.1, 0.15) is 42.9 Å². The van der Waals surface area contributed by atoms with E-state index in [0.29, 0.717) is 12.1 Å². The Morgan fingerprint density at radius 2 is 2.33 bits per heavy atom. The molecule has 1 aliphatic rings. The number of hydrogen-bond donors (Lipinski definition) is 1. The van der Waals surface area contributed by atoms with Gasteiger partial charge in [0.25, 0.3) is 0 Å². The van der Waals surface area contributed by atoms with Crippen LogP contribution < -0.4 is 5.32 Å². The minimum atomic E-state index is 0.395. The normalized spacial score (nSPS) is 21.2. The Hall–Kier alpha value is -0.570. The maximum Gasteiger partial charge on any atom is 0.0576 e. The average Bonchev–Trinajstić information content (AvgIpc) is 2.85. The Morgan fingerprint density at radius 1 is 1.50 bits per heavy atom. The molecule has 0 radical (unpaired) electrons. The lowest BCUT2D eigenvalue weighted by Gasteiger charge is -2.20. The van der Waals surface area contributed by atoms with Gasteiger partial charge in [0.05, 0.1) is 6.10 Å². The van der Waals surface area contributed by atoms with Gasteiger partial charge in [-0.3, -0.25) is 0 Å². The van der Waals surface area contributed by atoms with Crippen molar-refractivity contribution in [2.75, 3.05) is 13.7 Å². The van der Waals surface area contributed by atoms with Crippen LogP contribution in [0, 0.1) is 6.92 Å². The molecule has 1 aromatic carbocycles. The van der Waals surface area contributed by atoms with Gasteiger partial charge in [0.2, 0.25) is 0 Å². The van der Waals surface area contributed by atoms with Crippen molar-refractivity contribution < 1.29 is 4.74 Å². The maximum absolute atomic E-state index is 6.01. The molecule has 2 atom stereocenters. The monoisotopic (exact) mass is 267 g/mol. The summed E-state index contributed by atoms with van der Waals surface area (Å²) < 4.78 is 5.68. The number of benzene rings is 1. The Balaban J connectivity index is 1.98. The first-order chi connectivity index (χ1) is 8.70. The van der Waals surface area contributed by atoms with Crippen molar-refractivity contribution in [2.45, 2.75) is 44.8 Å². The average molecular weight is 268 g/mol. The molecule has 1 fully saturated rings. The Labute approximate surface area is 115 Å². The summed E-state index contributed by atoms with van der Waals surface area (Å²) in [7, 11) is 2.02. The minimum Gasteiger partial charge on any atom is -0.378 e. The van der Waals surface area contributed by atoms with Crippen LogP contribution in [-0.4, -0.2) is 19.8 Å². The fourth-order valence-electron chi connectivity index (χ4n) is 2.71. The van der Waals surface area contributed by atoms with Crippen molar-refractivity contribution in [3.63, 3.8) is 0 Å². The SMILES string of the molecule is CNC(CCC1CCCO1)c1ccc(Cl)cc1C. The van der Waals surface area contributed by atoms with Crippen LogP contribution in [-0.2, 0) is 4.74 Å². The van der Waals surface area contributed by atoms with Gasteiger partial charge < -0.3 is 10.1 Å². The fourth-order valence-corrected chi connectivity index (χ4v) is 2.94. The van der Waals surface area contributed by atoms with Crippen LogP contribution in [0.25, 0.3) is 0 Å². The van der Waals surface area contributed by atoms with Crippen LogP contribution >= 0.6 is 11.6 Å². The summed E-state index contributed by atoms with van der Waals surface area (Å²) in [5.74, 6) is 0. The molecule has 3 heteroatoms. The van der Waals surface area contributed by atoms with E-state index in [0.717, 1.165) is 24.5 Å². The summed E-state index contributed by atoms with van der Waals surface area (Å²) in [6.45, 7) is 3.06. The number of nitrogens with one attached hydrogen (secondary N) is 1. The Morgan fingerprint density at radius 3 is 2.94 bits per heavy atom. The first-order valence-corrected chi connectivity index (χ1v) is 7.13. The summed E-state index contributed by atoms with van der Waals surface area (Å²) in [4.78, 5) is 0. The van der Waals surface area contributed by atoms with Gasteiger partial charge in [0, 0.05) is 17.7 Å². The zero-order chi connectivity index (χ0) is 13.0. The van der Waals surface area contributed by atoms with E-state index >= 15 is 0 Å². The van der Waals surface area contributed by atoms with Crippen molar-refractivity contribution >= 4 is 11.6 Å². The van der Waals surface area contributed by atoms with Gasteiger partial charge in [0.15, 0.2) is 0 Å². The molecule has 1 N–H and O–H groups in total. The molecule has 0 amide bonds. The molecule has 2 rings (SSSR count). The molecule has 0 spiro atoms. The van der Waals surface area contributed by atoms with E-state index < -0.39 is 0 Å². The molecular formula is C15H22ClNO. The van der Waals surface area contributed by atoms with E-state index in [1.165, 1.54) is 24.0 Å². The first kappa shape index (κ1) is 13.9. The van der Waals surface area contributed by atoms with E-state index in [1.807, 2.05) is 19.2 Å². The lowest BCUT2D eigenvalue weighted by Crippen LogP contribution is -2.19. The fraction of sp³-hybridized carbons (Fsp3) is 0.600. The quantitative estimate of drug-likeness (QED) is 0.875. The summed E-state index contributed by atoms with van der Waals surface area (Å²) in [5.41, 5.74) is 2.61. The van der Waals surface area contributed by atoms with Gasteiger partial charge in [-0.15, -0.1) is 0 Å². The number of aryl methyl sites for hydroxylation is 1. The third-order valence-electron chi connectivity index (χ3n) is 3.76. The largest absolute Gasteiger partial charge is 0.378 e. The zero-order valence-corrected chi connectivity index (χ0v) is 12.0. The molecule has 100 valence electrons. The molecule has 1 heterocycles. The molecule has 18 heavy (non-hydrogen) atoms. The molecule has 2 unspecified atom stereocenters. The molecule has 1 aliphatic heterocycles. The highest BCUT2D eigenvalue weighted by Crippen LogP contribution is 2.27. The number of halogens is 1. The van der Waals surface area contributed by atoms with Gasteiger partial charge in [-0.25, -0.2) is 0 Å². The van der Waals surface area contributed by atoms with Crippen molar-refractivity contribution in [2.24, 2.45) is 0 Å². The van der Waals surface area contributed by atoms with E-state index in [9.17, 15) is 0 Å². The van der Waals surface area contributed by atoms with Crippen molar-refractivity contribution in [1.29, 1.82) is 0 Å². The maximum atomic E-state index is 6.01. The van der Waals surface area contributed by atoms with Gasteiger partial charge in [-0.1, -0.05) is 17.7 Å². The first-order valence-electron chi connectivity index (χ1n) is 6.75. The predicted octanol–water partition coefficient (Wildman–Crippen LogP) is 3.87. The summed E-state index contributed by atoms with van der Waals surface area (Å²) >= 11 is 6.01. The second-order valence-corrected chi connectivity index (χ2v) is 5.49. The van der Waals surface area contributed by atoms with Crippen molar-refractivity contribution in [1.82, 2.24) is 5.32 Å². The number of rotatable bonds is 5. The molecule has 0 bridgehead atoms. The second kappa shape index (κ2) is 6.55. The van der Waals surface area contributed by atoms with Gasteiger partial charge >= 0.3 is 0 Å². The third kappa shape index (κ3) is 3.47. The Kier molecular flexibility index (Phi) is 5.04. The summed E-state index contributed by atoms with van der Waals surface area (Å²) in [6, 6.07) is 6.54. The van der Waals surface area contributed by atoms with Crippen LogP contribution in [0.4, 0.5) is 0 Å². The number of ether oxygens (including phenoxy) is 1. The smallest absolute Gasteiger partial charge is 0.0576 e. The molecule has 0 saturated carbocycles. The Bertz CT molecular complexity index is 388. The standard InChI is InChI=1S/C15H22ClNO/c1-11-10-12(16)5-7-14(11)15(17-2)8-6-13-4-3-9-18-13/h5,7,10,13,15,17H,3-4,6,8-9H2,1-2H3. The third-order valence-corrected chi connectivity index (χ3v) is 3.99. The molecule has 0 aromatic heterocycles. The summed E-state index contributed by atoms with van der Waals surface area (Å²) in [5, 5.41) is 4.21. The van der Waals surface area contributed by atoms with Gasteiger partial charge in [-0.2, -0.15) is 0 Å². The molecule has 1 saturated heterocycles. The van der Waals surface area contributed by atoms with Crippen LogP contribution in [0.15, 0.2) is 18.2 Å². The zero-order valence-electron chi connectivity index (χ0n) is 11.2.